The lowest BCUT2D eigenvalue weighted by atomic mass is 10.1. The van der Waals surface area contributed by atoms with E-state index < -0.39 is 5.91 Å². The van der Waals surface area contributed by atoms with Crippen molar-refractivity contribution >= 4 is 17.6 Å². The van der Waals surface area contributed by atoms with Gasteiger partial charge in [0.1, 0.15) is 0 Å². The number of amides is 3. The lowest BCUT2D eigenvalue weighted by Crippen LogP contribution is -2.42. The highest BCUT2D eigenvalue weighted by Crippen LogP contribution is 2.16. The SMILES string of the molecule is Cc1ccc(C(N)=O)cc1NC(=O)NCCN1CCOCC1. The Labute approximate surface area is 129 Å². The van der Waals surface area contributed by atoms with E-state index in [4.69, 9.17) is 10.5 Å². The number of nitrogens with two attached hydrogens (primary N) is 1. The van der Waals surface area contributed by atoms with Crippen LogP contribution >= 0.6 is 0 Å². The fraction of sp³-hybridized carbons (Fsp3) is 0.467. The zero-order valence-electron chi connectivity index (χ0n) is 12.7. The van der Waals surface area contributed by atoms with Gasteiger partial charge in [0, 0.05) is 37.4 Å². The van der Waals surface area contributed by atoms with E-state index in [0.29, 0.717) is 17.8 Å². The van der Waals surface area contributed by atoms with Crippen molar-refractivity contribution in [2.45, 2.75) is 6.92 Å². The largest absolute Gasteiger partial charge is 0.379 e. The van der Waals surface area contributed by atoms with Crippen LogP contribution in [0.1, 0.15) is 15.9 Å². The second-order valence-corrected chi connectivity index (χ2v) is 5.23. The van der Waals surface area contributed by atoms with Gasteiger partial charge in [0.25, 0.3) is 0 Å². The first-order valence-corrected chi connectivity index (χ1v) is 7.31. The zero-order chi connectivity index (χ0) is 15.9. The van der Waals surface area contributed by atoms with Crippen LogP contribution in [0.3, 0.4) is 0 Å². The molecular formula is C15H22N4O3. The summed E-state index contributed by atoms with van der Waals surface area (Å²) in [7, 11) is 0. The predicted molar refractivity (Wildman–Crippen MR) is 84.0 cm³/mol. The second-order valence-electron chi connectivity index (χ2n) is 5.23. The van der Waals surface area contributed by atoms with Crippen molar-refractivity contribution in [2.24, 2.45) is 5.73 Å². The molecule has 0 saturated carbocycles. The second kappa shape index (κ2) is 7.77. The number of primary amides is 1. The maximum absolute atomic E-state index is 11.9. The Bertz CT molecular complexity index is 542. The van der Waals surface area contributed by atoms with Gasteiger partial charge in [-0.05, 0) is 24.6 Å². The molecule has 1 fully saturated rings. The van der Waals surface area contributed by atoms with Crippen LogP contribution in [0, 0.1) is 6.92 Å². The van der Waals surface area contributed by atoms with E-state index in [2.05, 4.69) is 15.5 Å². The minimum Gasteiger partial charge on any atom is -0.379 e. The number of rotatable bonds is 5. The number of nitrogens with one attached hydrogen (secondary N) is 2. The van der Waals surface area contributed by atoms with E-state index in [-0.39, 0.29) is 6.03 Å². The molecule has 1 aromatic rings. The van der Waals surface area contributed by atoms with Gasteiger partial charge in [-0.25, -0.2) is 4.79 Å². The van der Waals surface area contributed by atoms with Gasteiger partial charge in [0.15, 0.2) is 0 Å². The van der Waals surface area contributed by atoms with Crippen molar-refractivity contribution in [3.63, 3.8) is 0 Å². The summed E-state index contributed by atoms with van der Waals surface area (Å²) in [5.74, 6) is -0.518. The Morgan fingerprint density at radius 3 is 2.73 bits per heavy atom. The average molecular weight is 306 g/mol. The Morgan fingerprint density at radius 2 is 2.05 bits per heavy atom. The molecule has 7 nitrogen and oxygen atoms in total. The third kappa shape index (κ3) is 4.71. The van der Waals surface area contributed by atoms with E-state index in [1.807, 2.05) is 6.92 Å². The summed E-state index contributed by atoms with van der Waals surface area (Å²) in [6, 6.07) is 4.68. The number of carbonyl (C=O) groups excluding carboxylic acids is 2. The van der Waals surface area contributed by atoms with Crippen molar-refractivity contribution in [1.29, 1.82) is 0 Å². The molecule has 7 heteroatoms. The Morgan fingerprint density at radius 1 is 1.32 bits per heavy atom. The van der Waals surface area contributed by atoms with Crippen LogP contribution in [-0.4, -0.2) is 56.2 Å². The van der Waals surface area contributed by atoms with Crippen LogP contribution in [0.25, 0.3) is 0 Å². The summed E-state index contributed by atoms with van der Waals surface area (Å²) in [6.07, 6.45) is 0. The standard InChI is InChI=1S/C15H22N4O3/c1-11-2-3-12(14(16)20)10-13(11)18-15(21)17-4-5-19-6-8-22-9-7-19/h2-3,10H,4-9H2,1H3,(H2,16,20)(H2,17,18,21). The van der Waals surface area contributed by atoms with E-state index in [1.54, 1.807) is 18.2 Å². The topological polar surface area (TPSA) is 96.7 Å². The van der Waals surface area contributed by atoms with E-state index in [9.17, 15) is 9.59 Å². The summed E-state index contributed by atoms with van der Waals surface area (Å²) >= 11 is 0. The number of nitrogens with zero attached hydrogens (tertiary/aromatic N) is 1. The monoisotopic (exact) mass is 306 g/mol. The number of hydrogen-bond donors (Lipinski definition) is 3. The molecule has 0 radical (unpaired) electrons. The van der Waals surface area contributed by atoms with Crippen molar-refractivity contribution < 1.29 is 14.3 Å². The van der Waals surface area contributed by atoms with Gasteiger partial charge in [-0.15, -0.1) is 0 Å². The minimum absolute atomic E-state index is 0.294. The molecule has 2 rings (SSSR count). The van der Waals surface area contributed by atoms with Gasteiger partial charge in [-0.2, -0.15) is 0 Å². The van der Waals surface area contributed by atoms with Crippen LogP contribution < -0.4 is 16.4 Å². The summed E-state index contributed by atoms with van der Waals surface area (Å²) in [6.45, 7) is 6.47. The first-order valence-electron chi connectivity index (χ1n) is 7.31. The number of morpholine rings is 1. The Hall–Kier alpha value is -2.12. The Kier molecular flexibility index (Phi) is 5.74. The average Bonchev–Trinajstić information content (AvgIpc) is 2.50. The normalized spacial score (nSPS) is 15.3. The molecule has 1 aromatic carbocycles. The fourth-order valence-electron chi connectivity index (χ4n) is 2.23. The number of urea groups is 1. The number of carbonyl (C=O) groups is 2. The van der Waals surface area contributed by atoms with Gasteiger partial charge in [0.2, 0.25) is 5.91 Å². The molecule has 22 heavy (non-hydrogen) atoms. The summed E-state index contributed by atoms with van der Waals surface area (Å²) < 4.78 is 5.27. The number of benzene rings is 1. The van der Waals surface area contributed by atoms with Crippen LogP contribution in [0.4, 0.5) is 10.5 Å². The molecule has 120 valence electrons. The maximum Gasteiger partial charge on any atom is 0.319 e. The molecular weight excluding hydrogens is 284 g/mol. The lowest BCUT2D eigenvalue weighted by Gasteiger charge is -2.26. The molecule has 4 N–H and O–H groups in total. The van der Waals surface area contributed by atoms with Crippen molar-refractivity contribution in [3.05, 3.63) is 29.3 Å². The van der Waals surface area contributed by atoms with Gasteiger partial charge in [-0.3, -0.25) is 9.69 Å². The van der Waals surface area contributed by atoms with Crippen molar-refractivity contribution in [2.75, 3.05) is 44.7 Å². The van der Waals surface area contributed by atoms with E-state index in [0.717, 1.165) is 38.4 Å². The number of hydrogen-bond acceptors (Lipinski definition) is 4. The number of aryl methyl sites for hydroxylation is 1. The highest BCUT2D eigenvalue weighted by Gasteiger charge is 2.11. The van der Waals surface area contributed by atoms with Gasteiger partial charge in [-0.1, -0.05) is 6.07 Å². The van der Waals surface area contributed by atoms with Crippen molar-refractivity contribution in [3.8, 4) is 0 Å². The van der Waals surface area contributed by atoms with Gasteiger partial charge >= 0.3 is 6.03 Å². The molecule has 1 saturated heterocycles. The molecule has 0 spiro atoms. The van der Waals surface area contributed by atoms with E-state index in [1.165, 1.54) is 0 Å². The van der Waals surface area contributed by atoms with Crippen LogP contribution in [0.2, 0.25) is 0 Å². The smallest absolute Gasteiger partial charge is 0.319 e. The highest BCUT2D eigenvalue weighted by molar-refractivity contribution is 5.96. The van der Waals surface area contributed by atoms with E-state index >= 15 is 0 Å². The van der Waals surface area contributed by atoms with Crippen molar-refractivity contribution in [1.82, 2.24) is 10.2 Å². The predicted octanol–water partition coefficient (Wildman–Crippen LogP) is 0.548. The number of anilines is 1. The summed E-state index contributed by atoms with van der Waals surface area (Å²) in [4.78, 5) is 25.3. The minimum atomic E-state index is -0.518. The third-order valence-electron chi connectivity index (χ3n) is 3.59. The van der Waals surface area contributed by atoms with Gasteiger partial charge in [0.05, 0.1) is 13.2 Å². The molecule has 1 heterocycles. The third-order valence-corrected chi connectivity index (χ3v) is 3.59. The number of ether oxygens (including phenoxy) is 1. The molecule has 0 aliphatic carbocycles. The van der Waals surface area contributed by atoms with Crippen LogP contribution in [0.15, 0.2) is 18.2 Å². The first kappa shape index (κ1) is 16.3. The summed E-state index contributed by atoms with van der Waals surface area (Å²) in [5.41, 5.74) is 7.07. The molecule has 1 aliphatic heterocycles. The highest BCUT2D eigenvalue weighted by atomic mass is 16.5. The fourth-order valence-corrected chi connectivity index (χ4v) is 2.23. The quantitative estimate of drug-likeness (QED) is 0.740. The molecule has 1 aliphatic rings. The molecule has 0 unspecified atom stereocenters. The van der Waals surface area contributed by atoms with Gasteiger partial charge < -0.3 is 21.1 Å². The summed E-state index contributed by atoms with van der Waals surface area (Å²) in [5, 5.41) is 5.55. The van der Waals surface area contributed by atoms with Crippen LogP contribution in [-0.2, 0) is 4.74 Å². The first-order chi connectivity index (χ1) is 10.6. The molecule has 0 bridgehead atoms. The molecule has 0 atom stereocenters. The zero-order valence-corrected chi connectivity index (χ0v) is 12.7. The van der Waals surface area contributed by atoms with Crippen LogP contribution in [0.5, 0.6) is 0 Å². The Balaban J connectivity index is 1.81. The molecule has 0 aromatic heterocycles. The molecule has 3 amide bonds. The lowest BCUT2D eigenvalue weighted by molar-refractivity contribution is 0.0388. The maximum atomic E-state index is 11.9.